The third-order valence-corrected chi connectivity index (χ3v) is 12.2. The van der Waals surface area contributed by atoms with Crippen molar-refractivity contribution in [3.8, 4) is 22.5 Å². The molecule has 1 N–H and O–H groups in total. The van der Waals surface area contributed by atoms with E-state index in [1.165, 1.54) is 121 Å². The third-order valence-electron chi connectivity index (χ3n) is 12.2. The second kappa shape index (κ2) is 19.1. The molecule has 5 aliphatic rings. The first-order chi connectivity index (χ1) is 25.1. The van der Waals surface area contributed by atoms with Crippen molar-refractivity contribution in [3.05, 3.63) is 64.0 Å². The van der Waals surface area contributed by atoms with Gasteiger partial charge in [-0.15, -0.1) is 0 Å². The fourth-order valence-electron chi connectivity index (χ4n) is 9.25. The maximum atomic E-state index is 12.6. The van der Waals surface area contributed by atoms with Crippen molar-refractivity contribution in [3.63, 3.8) is 0 Å². The summed E-state index contributed by atoms with van der Waals surface area (Å²) < 4.78 is 9.63. The molecule has 1 heterocycles. The molecule has 1 unspecified atom stereocenters. The minimum Gasteiger partial charge on any atom is -0.478 e. The van der Waals surface area contributed by atoms with Crippen molar-refractivity contribution in [2.24, 2.45) is 11.8 Å². The Morgan fingerprint density at radius 3 is 2.25 bits per heavy atom. The summed E-state index contributed by atoms with van der Waals surface area (Å²) >= 11 is 0. The summed E-state index contributed by atoms with van der Waals surface area (Å²) in [4.78, 5) is 15.4. The number of unbranched alkanes of at least 4 members (excludes halogenated alkanes) is 6. The molecule has 6 rings (SSSR count). The molecule has 5 nitrogen and oxygen atoms in total. The maximum Gasteiger partial charge on any atom is 0.336 e. The molecule has 0 amide bonds. The molecule has 51 heavy (non-hydrogen) atoms. The van der Waals surface area contributed by atoms with Crippen LogP contribution in [0, 0.1) is 11.8 Å². The van der Waals surface area contributed by atoms with E-state index in [4.69, 9.17) is 4.42 Å². The van der Waals surface area contributed by atoms with Gasteiger partial charge in [0.25, 0.3) is 0 Å². The van der Waals surface area contributed by atoms with Crippen LogP contribution in [0.25, 0.3) is 34.6 Å². The van der Waals surface area contributed by atoms with Crippen LogP contribution in [-0.4, -0.2) is 48.2 Å². The largest absolute Gasteiger partial charge is 0.478 e. The Bertz CT molecular complexity index is 1730. The van der Waals surface area contributed by atoms with Crippen LogP contribution in [0.3, 0.4) is 0 Å². The molecule has 2 saturated carbocycles. The lowest BCUT2D eigenvalue weighted by atomic mass is 9.87. The standard InChI is InChI=1S/C46H64N2O3/c1-3-5-7-17-29-47(33-35-19-11-9-12-20-35)37-25-27-41-43(31-37)51-44-32-38(48(30-18-8-6-4-2)34-36-21-13-10-14-22-36)26-28-42(44)45(41)39-23-15-16-24-40(39)46(49)50/h15-16,23-25,27-28,31-32,35-36,38H,3-14,17-22,26,29-30,33-34H2,1-2H3/p+1/b47-37+. The summed E-state index contributed by atoms with van der Waals surface area (Å²) in [5, 5.41) is 12.6. The molecular weight excluding hydrogens is 629 g/mol. The van der Waals surface area contributed by atoms with E-state index in [1.54, 1.807) is 6.07 Å². The second-order valence-electron chi connectivity index (χ2n) is 16.0. The number of fused-ring (bicyclic) bond motifs is 2. The predicted molar refractivity (Wildman–Crippen MR) is 212 cm³/mol. The Morgan fingerprint density at radius 1 is 0.824 bits per heavy atom. The number of hydrogen-bond acceptors (Lipinski definition) is 3. The van der Waals surface area contributed by atoms with Crippen molar-refractivity contribution in [2.45, 2.75) is 142 Å². The zero-order valence-corrected chi connectivity index (χ0v) is 31.8. The van der Waals surface area contributed by atoms with Crippen molar-refractivity contribution < 1.29 is 14.3 Å². The van der Waals surface area contributed by atoms with Gasteiger partial charge in [-0.3, -0.25) is 4.90 Å². The van der Waals surface area contributed by atoms with Crippen molar-refractivity contribution >= 4 is 18.1 Å². The average Bonchev–Trinajstić information content (AvgIpc) is 3.16. The molecule has 1 aliphatic heterocycles. The Morgan fingerprint density at radius 2 is 1.53 bits per heavy atom. The van der Waals surface area contributed by atoms with Crippen LogP contribution in [-0.2, 0) is 0 Å². The number of rotatable bonds is 17. The molecule has 4 aliphatic carbocycles. The van der Waals surface area contributed by atoms with E-state index in [2.05, 4.69) is 53.7 Å². The monoisotopic (exact) mass is 693 g/mol. The number of aromatic carboxylic acids is 1. The van der Waals surface area contributed by atoms with Gasteiger partial charge in [-0.05, 0) is 81.2 Å². The van der Waals surface area contributed by atoms with Crippen LogP contribution in [0.15, 0.2) is 46.9 Å². The normalized spacial score (nSPS) is 19.1. The summed E-state index contributed by atoms with van der Waals surface area (Å²) in [7, 11) is 0. The predicted octanol–water partition coefficient (Wildman–Crippen LogP) is 9.48. The van der Waals surface area contributed by atoms with E-state index in [0.29, 0.717) is 5.56 Å². The molecule has 276 valence electrons. The van der Waals surface area contributed by atoms with E-state index in [0.717, 1.165) is 77.5 Å². The highest BCUT2D eigenvalue weighted by atomic mass is 16.4. The van der Waals surface area contributed by atoms with Crippen molar-refractivity contribution in [1.29, 1.82) is 0 Å². The zero-order chi connectivity index (χ0) is 35.4. The van der Waals surface area contributed by atoms with E-state index >= 15 is 0 Å². The Kier molecular flexibility index (Phi) is 14.0. The fraction of sp³-hybridized carbons (Fsp3) is 0.609. The Labute approximate surface area is 307 Å². The van der Waals surface area contributed by atoms with Gasteiger partial charge in [-0.2, -0.15) is 0 Å². The molecule has 1 atom stereocenters. The number of hydrogen-bond donors (Lipinski definition) is 1. The van der Waals surface area contributed by atoms with Gasteiger partial charge in [0.05, 0.1) is 11.6 Å². The van der Waals surface area contributed by atoms with Gasteiger partial charge in [0.2, 0.25) is 5.36 Å². The lowest BCUT2D eigenvalue weighted by Crippen LogP contribution is -2.44. The van der Waals surface area contributed by atoms with Gasteiger partial charge in [-0.1, -0.05) is 109 Å². The summed E-state index contributed by atoms with van der Waals surface area (Å²) in [6, 6.07) is 14.6. The molecule has 0 radical (unpaired) electrons. The number of carboxylic acid groups (broad SMARTS) is 1. The zero-order valence-electron chi connectivity index (χ0n) is 31.8. The summed E-state index contributed by atoms with van der Waals surface area (Å²) in [5.41, 5.74) is 4.01. The summed E-state index contributed by atoms with van der Waals surface area (Å²) in [6.45, 7) is 9.04. The molecule has 5 heteroatoms. The van der Waals surface area contributed by atoms with Crippen LogP contribution < -0.4 is 20.6 Å². The number of carboxylic acids is 1. The van der Waals surface area contributed by atoms with E-state index in [9.17, 15) is 9.90 Å². The van der Waals surface area contributed by atoms with Crippen LogP contribution in [0.1, 0.15) is 146 Å². The average molecular weight is 694 g/mol. The first kappa shape index (κ1) is 37.6. The molecule has 2 fully saturated rings. The van der Waals surface area contributed by atoms with Crippen LogP contribution in [0.4, 0.5) is 0 Å². The Balaban J connectivity index is 1.47. The van der Waals surface area contributed by atoms with Crippen molar-refractivity contribution in [2.75, 3.05) is 26.2 Å². The fourth-order valence-corrected chi connectivity index (χ4v) is 9.25. The highest BCUT2D eigenvalue weighted by Gasteiger charge is 2.27. The van der Waals surface area contributed by atoms with Gasteiger partial charge in [0.15, 0.2) is 0 Å². The minimum absolute atomic E-state index is 0.286. The smallest absolute Gasteiger partial charge is 0.336 e. The highest BCUT2D eigenvalue weighted by molar-refractivity contribution is 5.98. The van der Waals surface area contributed by atoms with Gasteiger partial charge in [0, 0.05) is 47.3 Å². The number of benzene rings is 2. The van der Waals surface area contributed by atoms with Crippen molar-refractivity contribution in [1.82, 2.24) is 9.48 Å². The summed E-state index contributed by atoms with van der Waals surface area (Å²) in [6.07, 6.45) is 29.3. The SMILES string of the molecule is CCCCCCN(CC1CCCCC1)C1C=c2oc3c/c(=[N+](\CCCCCC)CC4CCCCC4)ccc-3c(-c3ccccc3C(=O)O)c2=CC1. The molecule has 0 bridgehead atoms. The van der Waals surface area contributed by atoms with Gasteiger partial charge >= 0.3 is 5.97 Å². The van der Waals surface area contributed by atoms with Gasteiger partial charge < -0.3 is 9.52 Å². The Hall–Kier alpha value is -3.18. The van der Waals surface area contributed by atoms with Crippen LogP contribution in [0.2, 0.25) is 0 Å². The summed E-state index contributed by atoms with van der Waals surface area (Å²) in [5.74, 6) is 1.49. The lowest BCUT2D eigenvalue weighted by Gasteiger charge is -2.35. The molecular formula is C46H65N2O3+. The first-order valence-corrected chi connectivity index (χ1v) is 21.0. The van der Waals surface area contributed by atoms with E-state index in [1.807, 2.05) is 18.2 Å². The van der Waals surface area contributed by atoms with E-state index in [-0.39, 0.29) is 6.04 Å². The van der Waals surface area contributed by atoms with Crippen LogP contribution in [0.5, 0.6) is 0 Å². The quantitative estimate of drug-likeness (QED) is 0.113. The maximum absolute atomic E-state index is 12.6. The molecule has 0 saturated heterocycles. The first-order valence-electron chi connectivity index (χ1n) is 21.0. The second-order valence-corrected chi connectivity index (χ2v) is 16.0. The highest BCUT2D eigenvalue weighted by Crippen LogP contribution is 2.33. The minimum atomic E-state index is -0.890. The molecule has 0 aromatic heterocycles. The molecule has 1 aromatic carbocycles. The third kappa shape index (κ3) is 9.83. The number of nitrogens with zero attached hydrogens (tertiary/aromatic N) is 2. The molecule has 0 spiro atoms. The van der Waals surface area contributed by atoms with Gasteiger partial charge in [-0.25, -0.2) is 9.37 Å². The van der Waals surface area contributed by atoms with Gasteiger partial charge in [0.1, 0.15) is 24.3 Å². The topological polar surface area (TPSA) is 56.7 Å². The van der Waals surface area contributed by atoms with E-state index < -0.39 is 5.97 Å². The molecule has 1 aromatic rings. The van der Waals surface area contributed by atoms with Crippen LogP contribution >= 0.6 is 0 Å². The number of carbonyl (C=O) groups is 1. The lowest BCUT2D eigenvalue weighted by molar-refractivity contribution is 0.0697.